The molecule has 0 bridgehead atoms. The number of anilines is 6. The first-order chi connectivity index (χ1) is 40.9. The summed E-state index contributed by atoms with van der Waals surface area (Å²) in [5, 5.41) is 10.6. The number of fused-ring (bicyclic) bond motifs is 6. The van der Waals surface area contributed by atoms with Gasteiger partial charge in [0.15, 0.2) is 0 Å². The van der Waals surface area contributed by atoms with Crippen molar-refractivity contribution < 1.29 is 0 Å². The van der Waals surface area contributed by atoms with Gasteiger partial charge in [0.25, 0.3) is 0 Å². The van der Waals surface area contributed by atoms with E-state index in [1.807, 2.05) is 0 Å². The zero-order valence-corrected chi connectivity index (χ0v) is 47.4. The number of hydrogen-bond donors (Lipinski definition) is 0. The first-order valence-electron chi connectivity index (χ1n) is 28.8. The second kappa shape index (κ2) is 20.6. The number of rotatable bonds is 11. The molecule has 0 fully saturated rings. The van der Waals surface area contributed by atoms with E-state index in [1.54, 1.807) is 0 Å². The minimum absolute atomic E-state index is 1.11. The van der Waals surface area contributed by atoms with E-state index in [1.165, 1.54) is 109 Å². The molecule has 0 N–H and O–H groups in total. The Labute approximate surface area is 487 Å². The third kappa shape index (κ3) is 8.91. The minimum Gasteiger partial charge on any atom is -0.311 e. The number of nitrogens with zero attached hydrogens (tertiary/aromatic N) is 2. The van der Waals surface area contributed by atoms with E-state index in [-0.39, 0.29) is 0 Å². The van der Waals surface area contributed by atoms with E-state index in [4.69, 9.17) is 0 Å². The molecule has 392 valence electrons. The van der Waals surface area contributed by atoms with E-state index < -0.39 is 8.07 Å². The summed E-state index contributed by atoms with van der Waals surface area (Å²) in [6.07, 6.45) is 0. The van der Waals surface area contributed by atoms with Gasteiger partial charge in [-0.05, 0) is 177 Å². The lowest BCUT2D eigenvalue weighted by atomic mass is 9.89. The summed E-state index contributed by atoms with van der Waals surface area (Å²) in [4.78, 5) is 4.84. The normalized spacial score (nSPS) is 12.3. The van der Waals surface area contributed by atoms with Crippen LogP contribution in [0.3, 0.4) is 0 Å². The largest absolute Gasteiger partial charge is 0.311 e. The Morgan fingerprint density at radius 1 is 0.217 bits per heavy atom. The molecule has 1 heterocycles. The standard InChI is InChI=1S/C80H58N2Si/c1-83(2)78-29-17-28-73-75-54-77(82(68-47-34-61(35-48-68)57-22-11-5-12-23-57)69-49-36-62(37-50-69)58-24-13-6-14-25-58)71-27-16-15-26-70(71)74(75)53-76(80(73)78)72-51-40-64(52-79(72)83)63-38-45-67(46-39-63)81(65-41-30-59(31-42-65)55-18-7-3-8-19-55)66-43-32-60(33-44-66)56-20-9-4-10-21-56/h3-54H,1-2H3. The number of benzene rings is 14. The maximum absolute atomic E-state index is 2.55. The highest BCUT2D eigenvalue weighted by Crippen LogP contribution is 2.47. The van der Waals surface area contributed by atoms with Gasteiger partial charge in [0.1, 0.15) is 8.07 Å². The molecule has 0 radical (unpaired) electrons. The summed E-state index contributed by atoms with van der Waals surface area (Å²) >= 11 is 0. The first-order valence-corrected chi connectivity index (χ1v) is 31.8. The van der Waals surface area contributed by atoms with Gasteiger partial charge < -0.3 is 9.80 Å². The smallest absolute Gasteiger partial charge is 0.113 e. The first kappa shape index (κ1) is 49.7. The van der Waals surface area contributed by atoms with E-state index >= 15 is 0 Å². The van der Waals surface area contributed by atoms with Crippen molar-refractivity contribution in [2.45, 2.75) is 13.1 Å². The molecular formula is C80H58N2Si. The fraction of sp³-hybridized carbons (Fsp3) is 0.0250. The molecule has 0 saturated heterocycles. The van der Waals surface area contributed by atoms with Crippen molar-refractivity contribution in [2.24, 2.45) is 0 Å². The van der Waals surface area contributed by atoms with Crippen LogP contribution in [0.4, 0.5) is 34.1 Å². The Hall–Kier alpha value is -10.3. The zero-order chi connectivity index (χ0) is 55.4. The van der Waals surface area contributed by atoms with E-state index in [0.717, 1.165) is 34.1 Å². The molecule has 0 unspecified atom stereocenters. The fourth-order valence-corrected chi connectivity index (χ4v) is 16.1. The Bertz CT molecular complexity index is 4510. The predicted octanol–water partition coefficient (Wildman–Crippen LogP) is 21.2. The Morgan fingerprint density at radius 2 is 0.554 bits per heavy atom. The molecule has 0 saturated carbocycles. The van der Waals surface area contributed by atoms with Crippen LogP contribution in [0, 0.1) is 0 Å². The van der Waals surface area contributed by atoms with Crippen molar-refractivity contribution >= 4 is 84.9 Å². The van der Waals surface area contributed by atoms with Crippen LogP contribution in [0.2, 0.25) is 13.1 Å². The second-order valence-electron chi connectivity index (χ2n) is 22.4. The molecule has 0 atom stereocenters. The summed E-state index contributed by atoms with van der Waals surface area (Å²) in [6.45, 7) is 5.10. The lowest BCUT2D eigenvalue weighted by Gasteiger charge is -2.35. The highest BCUT2D eigenvalue weighted by atomic mass is 28.3. The topological polar surface area (TPSA) is 6.48 Å². The molecule has 0 amide bonds. The molecule has 0 spiro atoms. The van der Waals surface area contributed by atoms with Gasteiger partial charge >= 0.3 is 0 Å². The molecule has 1 aliphatic rings. The van der Waals surface area contributed by atoms with Crippen molar-refractivity contribution in [3.63, 3.8) is 0 Å². The van der Waals surface area contributed by atoms with Crippen molar-refractivity contribution in [1.82, 2.24) is 0 Å². The molecule has 2 nitrogen and oxygen atoms in total. The van der Waals surface area contributed by atoms with Crippen molar-refractivity contribution in [2.75, 3.05) is 9.80 Å². The number of hydrogen-bond acceptors (Lipinski definition) is 2. The minimum atomic E-state index is -2.27. The van der Waals surface area contributed by atoms with E-state index in [9.17, 15) is 0 Å². The van der Waals surface area contributed by atoms with Gasteiger partial charge in [-0.2, -0.15) is 0 Å². The van der Waals surface area contributed by atoms with Gasteiger partial charge in [-0.25, -0.2) is 0 Å². The predicted molar refractivity (Wildman–Crippen MR) is 358 cm³/mol. The van der Waals surface area contributed by atoms with Gasteiger partial charge in [0, 0.05) is 33.8 Å². The van der Waals surface area contributed by atoms with Gasteiger partial charge in [-0.1, -0.05) is 256 Å². The highest BCUT2D eigenvalue weighted by molar-refractivity contribution is 7.03. The Morgan fingerprint density at radius 3 is 0.988 bits per heavy atom. The fourth-order valence-electron chi connectivity index (χ4n) is 13.0. The Kier molecular flexibility index (Phi) is 12.4. The van der Waals surface area contributed by atoms with Crippen LogP contribution in [-0.4, -0.2) is 8.07 Å². The van der Waals surface area contributed by atoms with E-state index in [2.05, 4.69) is 338 Å². The van der Waals surface area contributed by atoms with Crippen LogP contribution in [-0.2, 0) is 0 Å². The summed E-state index contributed by atoms with van der Waals surface area (Å²) in [6, 6.07) is 116. The lowest BCUT2D eigenvalue weighted by molar-refractivity contribution is 1.28. The molecule has 1 aliphatic heterocycles. The second-order valence-corrected chi connectivity index (χ2v) is 26.8. The van der Waals surface area contributed by atoms with Crippen LogP contribution in [0.25, 0.3) is 99.1 Å². The maximum atomic E-state index is 2.55. The molecule has 14 aromatic carbocycles. The third-order valence-electron chi connectivity index (χ3n) is 17.3. The van der Waals surface area contributed by atoms with Gasteiger partial charge in [0.2, 0.25) is 0 Å². The summed E-state index contributed by atoms with van der Waals surface area (Å²) in [5.41, 5.74) is 21.4. The molecule has 15 rings (SSSR count). The summed E-state index contributed by atoms with van der Waals surface area (Å²) < 4.78 is 0. The Balaban J connectivity index is 0.828. The lowest BCUT2D eigenvalue weighted by Crippen LogP contribution is -2.55. The SMILES string of the molecule is C[Si]1(C)c2cc(-c3ccc(N(c4ccc(-c5ccccc5)cc4)c4ccc(-c5ccccc5)cc4)cc3)ccc2-c2cc3c4ccccc4c(N(c4ccc(-c5ccccc5)cc4)c4ccc(-c5ccccc5)cc4)cc3c3cccc1c23. The van der Waals surface area contributed by atoms with Crippen molar-refractivity contribution in [1.29, 1.82) is 0 Å². The zero-order valence-electron chi connectivity index (χ0n) is 46.4. The van der Waals surface area contributed by atoms with Crippen molar-refractivity contribution in [3.8, 4) is 66.8 Å². The monoisotopic (exact) mass is 1070 g/mol. The quantitative estimate of drug-likeness (QED) is 0.0941. The average Bonchev–Trinajstić information content (AvgIpc) is 2.24. The molecule has 0 aliphatic carbocycles. The summed E-state index contributed by atoms with van der Waals surface area (Å²) in [7, 11) is -2.27. The van der Waals surface area contributed by atoms with Gasteiger partial charge in [-0.15, -0.1) is 0 Å². The molecule has 14 aromatic rings. The van der Waals surface area contributed by atoms with Crippen LogP contribution in [0.1, 0.15) is 0 Å². The molecule has 83 heavy (non-hydrogen) atoms. The molecule has 3 heteroatoms. The molecule has 0 aromatic heterocycles. The van der Waals surface area contributed by atoms with Gasteiger partial charge in [0.05, 0.1) is 5.69 Å². The highest BCUT2D eigenvalue weighted by Gasteiger charge is 2.36. The summed E-state index contributed by atoms with van der Waals surface area (Å²) in [5.74, 6) is 0. The van der Waals surface area contributed by atoms with Crippen LogP contribution in [0.15, 0.2) is 315 Å². The van der Waals surface area contributed by atoms with Crippen molar-refractivity contribution in [3.05, 3.63) is 315 Å². The maximum Gasteiger partial charge on any atom is 0.113 e. The molecular weight excluding hydrogens is 1020 g/mol. The average molecular weight is 1080 g/mol. The van der Waals surface area contributed by atoms with Gasteiger partial charge in [-0.3, -0.25) is 0 Å². The van der Waals surface area contributed by atoms with Crippen LogP contribution >= 0.6 is 0 Å². The van der Waals surface area contributed by atoms with E-state index in [0.29, 0.717) is 0 Å². The van der Waals surface area contributed by atoms with Crippen LogP contribution < -0.4 is 20.2 Å². The third-order valence-corrected chi connectivity index (χ3v) is 20.8. The van der Waals surface area contributed by atoms with Crippen LogP contribution in [0.5, 0.6) is 0 Å².